The van der Waals surface area contributed by atoms with Crippen LogP contribution in [0.15, 0.2) is 0 Å². The molecule has 2 fully saturated rings. The smallest absolute Gasteiger partial charge is 0.0643 e. The number of hydrogen-bond donors (Lipinski definition) is 1. The van der Waals surface area contributed by atoms with E-state index in [9.17, 15) is 0 Å². The summed E-state index contributed by atoms with van der Waals surface area (Å²) in [7, 11) is 0. The van der Waals surface area contributed by atoms with Gasteiger partial charge in [-0.25, -0.2) is 0 Å². The third-order valence-electron chi connectivity index (χ3n) is 4.85. The third kappa shape index (κ3) is 2.78. The van der Waals surface area contributed by atoms with Crippen molar-refractivity contribution in [2.75, 3.05) is 13.2 Å². The average Bonchev–Trinajstić information content (AvgIpc) is 2.24. The van der Waals surface area contributed by atoms with Gasteiger partial charge in [-0.15, -0.1) is 0 Å². The quantitative estimate of drug-likeness (QED) is 0.794. The molecule has 1 aliphatic heterocycles. The Balaban J connectivity index is 1.73. The van der Waals surface area contributed by atoms with Crippen LogP contribution >= 0.6 is 0 Å². The van der Waals surface area contributed by atoms with Crippen molar-refractivity contribution in [1.29, 1.82) is 0 Å². The Hall–Kier alpha value is -0.0800. The molecular weight excluding hydrogens is 198 g/mol. The maximum atomic E-state index is 5.21. The van der Waals surface area contributed by atoms with Crippen LogP contribution in [-0.4, -0.2) is 25.3 Å². The second-order valence-electron chi connectivity index (χ2n) is 6.29. The molecule has 0 radical (unpaired) electrons. The highest BCUT2D eigenvalue weighted by Gasteiger charge is 2.32. The number of nitrogens with one attached hydrogen (secondary N) is 1. The molecule has 94 valence electrons. The van der Waals surface area contributed by atoms with E-state index >= 15 is 0 Å². The van der Waals surface area contributed by atoms with Gasteiger partial charge in [-0.3, -0.25) is 0 Å². The first kappa shape index (κ1) is 12.4. The second kappa shape index (κ2) is 5.05. The van der Waals surface area contributed by atoms with Crippen molar-refractivity contribution in [3.05, 3.63) is 0 Å². The van der Waals surface area contributed by atoms with Crippen molar-refractivity contribution >= 4 is 0 Å². The molecule has 2 aliphatic rings. The molecule has 1 saturated carbocycles. The molecule has 0 spiro atoms. The molecule has 0 aromatic carbocycles. The van der Waals surface area contributed by atoms with Gasteiger partial charge >= 0.3 is 0 Å². The highest BCUT2D eigenvalue weighted by atomic mass is 16.5. The maximum absolute atomic E-state index is 5.21. The Kier molecular flexibility index (Phi) is 3.91. The van der Waals surface area contributed by atoms with E-state index < -0.39 is 0 Å². The fourth-order valence-corrected chi connectivity index (χ4v) is 3.00. The van der Waals surface area contributed by atoms with Gasteiger partial charge in [-0.2, -0.15) is 0 Å². The van der Waals surface area contributed by atoms with E-state index in [-0.39, 0.29) is 0 Å². The standard InChI is InChI=1S/C14H27NO/c1-4-14(2,3)11-5-7-12(8-6-11)15-13-9-16-10-13/h11-13,15H,4-10H2,1-3H3. The first-order chi connectivity index (χ1) is 7.62. The van der Waals surface area contributed by atoms with Crippen molar-refractivity contribution in [2.45, 2.75) is 65.0 Å². The summed E-state index contributed by atoms with van der Waals surface area (Å²) in [4.78, 5) is 0. The van der Waals surface area contributed by atoms with Crippen LogP contribution in [0.4, 0.5) is 0 Å². The Morgan fingerprint density at radius 1 is 1.06 bits per heavy atom. The van der Waals surface area contributed by atoms with Gasteiger partial charge in [0.15, 0.2) is 0 Å². The molecule has 0 amide bonds. The van der Waals surface area contributed by atoms with E-state index in [0.717, 1.165) is 25.2 Å². The van der Waals surface area contributed by atoms with Crippen molar-refractivity contribution in [2.24, 2.45) is 11.3 Å². The van der Waals surface area contributed by atoms with Crippen molar-refractivity contribution in [3.63, 3.8) is 0 Å². The van der Waals surface area contributed by atoms with Gasteiger partial charge in [0, 0.05) is 6.04 Å². The highest BCUT2D eigenvalue weighted by Crippen LogP contribution is 2.40. The van der Waals surface area contributed by atoms with Gasteiger partial charge in [0.25, 0.3) is 0 Å². The van der Waals surface area contributed by atoms with Crippen LogP contribution in [-0.2, 0) is 4.74 Å². The van der Waals surface area contributed by atoms with Crippen LogP contribution in [0.25, 0.3) is 0 Å². The molecule has 1 aliphatic carbocycles. The molecule has 1 heterocycles. The van der Waals surface area contributed by atoms with Crippen LogP contribution in [0.1, 0.15) is 52.9 Å². The highest BCUT2D eigenvalue weighted by molar-refractivity contribution is 4.87. The summed E-state index contributed by atoms with van der Waals surface area (Å²) in [6.07, 6.45) is 6.86. The van der Waals surface area contributed by atoms with Crippen LogP contribution < -0.4 is 5.32 Å². The fraction of sp³-hybridized carbons (Fsp3) is 1.00. The minimum absolute atomic E-state index is 0.546. The average molecular weight is 225 g/mol. The number of hydrogen-bond acceptors (Lipinski definition) is 2. The zero-order chi connectivity index (χ0) is 11.6. The normalized spacial score (nSPS) is 32.4. The minimum Gasteiger partial charge on any atom is -0.378 e. The first-order valence-electron chi connectivity index (χ1n) is 6.95. The lowest BCUT2D eigenvalue weighted by Crippen LogP contribution is -2.51. The monoisotopic (exact) mass is 225 g/mol. The molecule has 2 heteroatoms. The van der Waals surface area contributed by atoms with Crippen molar-refractivity contribution in [3.8, 4) is 0 Å². The molecule has 0 bridgehead atoms. The van der Waals surface area contributed by atoms with Crippen molar-refractivity contribution < 1.29 is 4.74 Å². The van der Waals surface area contributed by atoms with E-state index in [4.69, 9.17) is 4.74 Å². The lowest BCUT2D eigenvalue weighted by atomic mass is 9.69. The van der Waals surface area contributed by atoms with E-state index in [1.807, 2.05) is 0 Å². The molecular formula is C14H27NO. The van der Waals surface area contributed by atoms with Gasteiger partial charge in [-0.05, 0) is 37.0 Å². The lowest BCUT2D eigenvalue weighted by Gasteiger charge is -2.41. The first-order valence-corrected chi connectivity index (χ1v) is 6.95. The molecule has 1 saturated heterocycles. The zero-order valence-corrected chi connectivity index (χ0v) is 11.1. The molecule has 2 rings (SSSR count). The molecule has 0 unspecified atom stereocenters. The maximum Gasteiger partial charge on any atom is 0.0643 e. The summed E-state index contributed by atoms with van der Waals surface area (Å²) in [6, 6.07) is 1.42. The zero-order valence-electron chi connectivity index (χ0n) is 11.1. The molecule has 0 aromatic rings. The molecule has 16 heavy (non-hydrogen) atoms. The number of rotatable bonds is 4. The predicted molar refractivity (Wildman–Crippen MR) is 67.6 cm³/mol. The largest absolute Gasteiger partial charge is 0.378 e. The van der Waals surface area contributed by atoms with Gasteiger partial charge in [0.05, 0.1) is 19.3 Å². The summed E-state index contributed by atoms with van der Waals surface area (Å²) in [5.41, 5.74) is 0.546. The lowest BCUT2D eigenvalue weighted by molar-refractivity contribution is -0.0142. The van der Waals surface area contributed by atoms with Crippen LogP contribution in [0.3, 0.4) is 0 Å². The molecule has 1 N–H and O–H groups in total. The Bertz CT molecular complexity index is 215. The molecule has 0 aromatic heterocycles. The topological polar surface area (TPSA) is 21.3 Å². The Labute approximate surface area is 100 Å². The van der Waals surface area contributed by atoms with E-state index in [0.29, 0.717) is 11.5 Å². The van der Waals surface area contributed by atoms with Crippen LogP contribution in [0.5, 0.6) is 0 Å². The summed E-state index contributed by atoms with van der Waals surface area (Å²) >= 11 is 0. The van der Waals surface area contributed by atoms with Crippen LogP contribution in [0.2, 0.25) is 0 Å². The molecule has 2 nitrogen and oxygen atoms in total. The predicted octanol–water partition coefficient (Wildman–Crippen LogP) is 2.97. The second-order valence-corrected chi connectivity index (χ2v) is 6.29. The Morgan fingerprint density at radius 2 is 1.69 bits per heavy atom. The number of ether oxygens (including phenoxy) is 1. The fourth-order valence-electron chi connectivity index (χ4n) is 3.00. The summed E-state index contributed by atoms with van der Waals surface area (Å²) in [6.45, 7) is 9.06. The van der Waals surface area contributed by atoms with Gasteiger partial charge in [-0.1, -0.05) is 27.2 Å². The van der Waals surface area contributed by atoms with Crippen LogP contribution in [0, 0.1) is 11.3 Å². The van der Waals surface area contributed by atoms with E-state index in [2.05, 4.69) is 26.1 Å². The minimum atomic E-state index is 0.546. The van der Waals surface area contributed by atoms with E-state index in [1.165, 1.54) is 32.1 Å². The van der Waals surface area contributed by atoms with Gasteiger partial charge < -0.3 is 10.1 Å². The van der Waals surface area contributed by atoms with Crippen molar-refractivity contribution in [1.82, 2.24) is 5.32 Å². The molecule has 0 atom stereocenters. The Morgan fingerprint density at radius 3 is 2.12 bits per heavy atom. The van der Waals surface area contributed by atoms with E-state index in [1.54, 1.807) is 0 Å². The van der Waals surface area contributed by atoms with Gasteiger partial charge in [0.2, 0.25) is 0 Å². The van der Waals surface area contributed by atoms with Gasteiger partial charge in [0.1, 0.15) is 0 Å². The third-order valence-corrected chi connectivity index (χ3v) is 4.85. The summed E-state index contributed by atoms with van der Waals surface area (Å²) in [5, 5.41) is 3.72. The summed E-state index contributed by atoms with van der Waals surface area (Å²) < 4.78 is 5.21. The SMILES string of the molecule is CCC(C)(C)C1CCC(NC2COC2)CC1. The summed E-state index contributed by atoms with van der Waals surface area (Å²) in [5.74, 6) is 0.938.